The van der Waals surface area contributed by atoms with Crippen molar-refractivity contribution in [3.05, 3.63) is 81.1 Å². The van der Waals surface area contributed by atoms with Gasteiger partial charge in [0.25, 0.3) is 11.5 Å². The van der Waals surface area contributed by atoms with Crippen LogP contribution in [0.4, 0.5) is 0 Å². The third-order valence-electron chi connectivity index (χ3n) is 4.83. The van der Waals surface area contributed by atoms with Gasteiger partial charge in [-0.25, -0.2) is 0 Å². The predicted octanol–water partition coefficient (Wildman–Crippen LogP) is 4.41. The Labute approximate surface area is 159 Å². The van der Waals surface area contributed by atoms with Crippen LogP contribution >= 0.6 is 0 Å². The van der Waals surface area contributed by atoms with Gasteiger partial charge in [0, 0.05) is 23.7 Å². The third kappa shape index (κ3) is 4.11. The minimum atomic E-state index is -0.157. The maximum atomic E-state index is 12.7. The number of amides is 1. The molecular formula is C23H26N2O2. The number of carbonyl (C=O) groups is 1. The van der Waals surface area contributed by atoms with Crippen LogP contribution in [0.5, 0.6) is 0 Å². The van der Waals surface area contributed by atoms with Crippen molar-refractivity contribution < 1.29 is 4.79 Å². The zero-order chi connectivity index (χ0) is 19.8. The standard InChI is InChI=1S/C23H26N2O2/c1-15-6-7-17-13-18(21(26)24-20(17)12-15)14-25(5)22(27)16-8-10-19(11-9-16)23(2,3)4/h6-13H,14H2,1-5H3,(H,24,26). The van der Waals surface area contributed by atoms with Crippen molar-refractivity contribution in [1.82, 2.24) is 9.88 Å². The quantitative estimate of drug-likeness (QED) is 0.750. The van der Waals surface area contributed by atoms with Crippen LogP contribution in [0.25, 0.3) is 10.9 Å². The molecule has 4 nitrogen and oxygen atoms in total. The second-order valence-corrected chi connectivity index (χ2v) is 8.20. The Morgan fingerprint density at radius 2 is 1.70 bits per heavy atom. The molecular weight excluding hydrogens is 336 g/mol. The van der Waals surface area contributed by atoms with Gasteiger partial charge in [-0.2, -0.15) is 0 Å². The summed E-state index contributed by atoms with van der Waals surface area (Å²) in [6.45, 7) is 8.68. The van der Waals surface area contributed by atoms with Gasteiger partial charge in [0.2, 0.25) is 0 Å². The average Bonchev–Trinajstić information content (AvgIpc) is 2.61. The molecule has 3 rings (SSSR count). The fourth-order valence-corrected chi connectivity index (χ4v) is 3.14. The lowest BCUT2D eigenvalue weighted by molar-refractivity contribution is 0.0784. The lowest BCUT2D eigenvalue weighted by atomic mass is 9.86. The molecule has 0 atom stereocenters. The van der Waals surface area contributed by atoms with Gasteiger partial charge in [0.15, 0.2) is 0 Å². The molecule has 1 aromatic heterocycles. The molecule has 27 heavy (non-hydrogen) atoms. The van der Waals surface area contributed by atoms with Gasteiger partial charge in [-0.1, -0.05) is 45.0 Å². The molecule has 1 N–H and O–H groups in total. The molecule has 0 fully saturated rings. The molecule has 0 spiro atoms. The predicted molar refractivity (Wildman–Crippen MR) is 110 cm³/mol. The summed E-state index contributed by atoms with van der Waals surface area (Å²) in [5, 5.41) is 0.963. The highest BCUT2D eigenvalue weighted by Gasteiger charge is 2.17. The Morgan fingerprint density at radius 1 is 1.04 bits per heavy atom. The first-order valence-corrected chi connectivity index (χ1v) is 9.14. The van der Waals surface area contributed by atoms with E-state index in [4.69, 9.17) is 0 Å². The molecule has 0 saturated carbocycles. The molecule has 4 heteroatoms. The van der Waals surface area contributed by atoms with Gasteiger partial charge in [-0.15, -0.1) is 0 Å². The first-order valence-electron chi connectivity index (χ1n) is 9.14. The molecule has 0 saturated heterocycles. The van der Waals surface area contributed by atoms with Crippen LogP contribution in [0.3, 0.4) is 0 Å². The molecule has 0 unspecified atom stereocenters. The number of nitrogens with zero attached hydrogens (tertiary/aromatic N) is 1. The molecule has 0 aliphatic rings. The van der Waals surface area contributed by atoms with E-state index in [0.717, 1.165) is 16.5 Å². The summed E-state index contributed by atoms with van der Waals surface area (Å²) in [5.41, 5.74) is 4.18. The number of pyridine rings is 1. The number of aromatic nitrogens is 1. The summed E-state index contributed by atoms with van der Waals surface area (Å²) in [6, 6.07) is 15.5. The third-order valence-corrected chi connectivity index (χ3v) is 4.83. The number of rotatable bonds is 3. The van der Waals surface area contributed by atoms with Crippen LogP contribution in [-0.4, -0.2) is 22.8 Å². The monoisotopic (exact) mass is 362 g/mol. The Hall–Kier alpha value is -2.88. The second kappa shape index (κ2) is 7.03. The first-order chi connectivity index (χ1) is 12.6. The summed E-state index contributed by atoms with van der Waals surface area (Å²) in [6.07, 6.45) is 0. The summed E-state index contributed by atoms with van der Waals surface area (Å²) in [4.78, 5) is 29.6. The number of hydrogen-bond acceptors (Lipinski definition) is 2. The lowest BCUT2D eigenvalue weighted by Gasteiger charge is -2.20. The average molecular weight is 362 g/mol. The van der Waals surface area contributed by atoms with E-state index in [9.17, 15) is 9.59 Å². The Balaban J connectivity index is 1.82. The normalized spacial score (nSPS) is 11.6. The number of benzene rings is 2. The van der Waals surface area contributed by atoms with Crippen LogP contribution in [0.15, 0.2) is 53.3 Å². The first kappa shape index (κ1) is 18.9. The van der Waals surface area contributed by atoms with E-state index in [2.05, 4.69) is 25.8 Å². The van der Waals surface area contributed by atoms with Crippen LogP contribution in [0.1, 0.15) is 47.8 Å². The summed E-state index contributed by atoms with van der Waals surface area (Å²) < 4.78 is 0. The van der Waals surface area contributed by atoms with Gasteiger partial charge in [0.05, 0.1) is 6.54 Å². The molecule has 2 aromatic carbocycles. The van der Waals surface area contributed by atoms with Crippen molar-refractivity contribution in [2.24, 2.45) is 0 Å². The van der Waals surface area contributed by atoms with Crippen LogP contribution < -0.4 is 5.56 Å². The molecule has 140 valence electrons. The van der Waals surface area contributed by atoms with E-state index < -0.39 is 0 Å². The van der Waals surface area contributed by atoms with E-state index in [-0.39, 0.29) is 23.4 Å². The maximum absolute atomic E-state index is 12.7. The van der Waals surface area contributed by atoms with Crippen LogP contribution in [0, 0.1) is 6.92 Å². The number of nitrogens with one attached hydrogen (secondary N) is 1. The molecule has 1 amide bonds. The Morgan fingerprint density at radius 3 is 2.33 bits per heavy atom. The molecule has 0 bridgehead atoms. The SMILES string of the molecule is Cc1ccc2cc(CN(C)C(=O)c3ccc(C(C)(C)C)cc3)c(=O)[nH]c2c1. The van der Waals surface area contributed by atoms with Crippen molar-refractivity contribution in [1.29, 1.82) is 0 Å². The number of aryl methyl sites for hydroxylation is 1. The Bertz CT molecular complexity index is 1040. The number of H-pyrrole nitrogens is 1. The fourth-order valence-electron chi connectivity index (χ4n) is 3.14. The molecule has 0 radical (unpaired) electrons. The van der Waals surface area contributed by atoms with Crippen LogP contribution in [-0.2, 0) is 12.0 Å². The second-order valence-electron chi connectivity index (χ2n) is 8.20. The van der Waals surface area contributed by atoms with E-state index in [1.54, 1.807) is 11.9 Å². The highest BCUT2D eigenvalue weighted by atomic mass is 16.2. The summed E-state index contributed by atoms with van der Waals surface area (Å²) in [5.74, 6) is -0.0983. The number of hydrogen-bond donors (Lipinski definition) is 1. The fraction of sp³-hybridized carbons (Fsp3) is 0.304. The number of aromatic amines is 1. The highest BCUT2D eigenvalue weighted by Crippen LogP contribution is 2.22. The number of fused-ring (bicyclic) bond motifs is 1. The van der Waals surface area contributed by atoms with E-state index in [0.29, 0.717) is 11.1 Å². The molecule has 0 aliphatic heterocycles. The zero-order valence-electron chi connectivity index (χ0n) is 16.6. The van der Waals surface area contributed by atoms with Crippen molar-refractivity contribution in [3.8, 4) is 0 Å². The molecule has 0 aliphatic carbocycles. The van der Waals surface area contributed by atoms with Crippen LogP contribution in [0.2, 0.25) is 0 Å². The Kier molecular flexibility index (Phi) is 4.92. The largest absolute Gasteiger partial charge is 0.337 e. The molecule has 3 aromatic rings. The van der Waals surface area contributed by atoms with Gasteiger partial charge in [0.1, 0.15) is 0 Å². The number of carbonyl (C=O) groups excluding carboxylic acids is 1. The maximum Gasteiger partial charge on any atom is 0.253 e. The van der Waals surface area contributed by atoms with Gasteiger partial charge in [-0.05, 0) is 53.1 Å². The van der Waals surface area contributed by atoms with Crippen molar-refractivity contribution >= 4 is 16.8 Å². The lowest BCUT2D eigenvalue weighted by Crippen LogP contribution is -2.29. The smallest absolute Gasteiger partial charge is 0.253 e. The van der Waals surface area contributed by atoms with E-state index in [1.165, 1.54) is 5.56 Å². The minimum Gasteiger partial charge on any atom is -0.337 e. The highest BCUT2D eigenvalue weighted by molar-refractivity contribution is 5.94. The molecule has 1 heterocycles. The van der Waals surface area contributed by atoms with Crippen molar-refractivity contribution in [3.63, 3.8) is 0 Å². The minimum absolute atomic E-state index is 0.0459. The van der Waals surface area contributed by atoms with Gasteiger partial charge >= 0.3 is 0 Å². The van der Waals surface area contributed by atoms with E-state index in [1.807, 2.05) is 55.5 Å². The van der Waals surface area contributed by atoms with Gasteiger partial charge < -0.3 is 9.88 Å². The summed E-state index contributed by atoms with van der Waals surface area (Å²) >= 11 is 0. The van der Waals surface area contributed by atoms with Crippen molar-refractivity contribution in [2.45, 2.75) is 39.7 Å². The van der Waals surface area contributed by atoms with Crippen molar-refractivity contribution in [2.75, 3.05) is 7.05 Å². The zero-order valence-corrected chi connectivity index (χ0v) is 16.6. The summed E-state index contributed by atoms with van der Waals surface area (Å²) in [7, 11) is 1.72. The van der Waals surface area contributed by atoms with Gasteiger partial charge in [-0.3, -0.25) is 9.59 Å². The van der Waals surface area contributed by atoms with E-state index >= 15 is 0 Å². The topological polar surface area (TPSA) is 53.2 Å².